The molecule has 36 heavy (non-hydrogen) atoms. The molecule has 0 heterocycles. The summed E-state index contributed by atoms with van der Waals surface area (Å²) in [4.78, 5) is 0. The maximum Gasteiger partial charge on any atom is 0.537 e. The second kappa shape index (κ2) is 14.8. The van der Waals surface area contributed by atoms with Crippen LogP contribution in [0.2, 0.25) is 0 Å². The number of ether oxygens (including phenoxy) is 2. The van der Waals surface area contributed by atoms with Gasteiger partial charge >= 0.3 is 17.6 Å². The first kappa shape index (κ1) is 30.5. The quantitative estimate of drug-likeness (QED) is 0.281. The van der Waals surface area contributed by atoms with Gasteiger partial charge in [0.25, 0.3) is 0 Å². The molecule has 0 aromatic heterocycles. The molecule has 0 bridgehead atoms. The second-order valence-corrected chi connectivity index (χ2v) is 12.7. The van der Waals surface area contributed by atoms with Crippen molar-refractivity contribution in [2.45, 2.75) is 41.5 Å². The molecule has 0 radical (unpaired) electrons. The van der Waals surface area contributed by atoms with E-state index in [2.05, 4.69) is 0 Å². The van der Waals surface area contributed by atoms with Crippen LogP contribution in [0, 0.1) is 0 Å². The van der Waals surface area contributed by atoms with Gasteiger partial charge in [-0.3, -0.25) is 0 Å². The predicted molar refractivity (Wildman–Crippen MR) is 146 cm³/mol. The van der Waals surface area contributed by atoms with Crippen molar-refractivity contribution < 1.29 is 36.0 Å². The van der Waals surface area contributed by atoms with Gasteiger partial charge in [0.15, 0.2) is 0 Å². The minimum atomic E-state index is -3.08. The molecule has 0 saturated carbocycles. The van der Waals surface area contributed by atoms with Gasteiger partial charge in [-0.2, -0.15) is 0 Å². The molecule has 0 unspecified atom stereocenters. The molecule has 0 N–H and O–H groups in total. The van der Waals surface area contributed by atoms with Crippen molar-refractivity contribution in [3.63, 3.8) is 0 Å². The lowest BCUT2D eigenvalue weighted by Crippen LogP contribution is -2.57. The van der Waals surface area contributed by atoms with Crippen LogP contribution in [0.3, 0.4) is 0 Å². The molecule has 0 saturated heterocycles. The van der Waals surface area contributed by atoms with Crippen LogP contribution in [-0.4, -0.2) is 71.5 Å². The zero-order chi connectivity index (χ0) is 26.6. The monoisotopic (exact) mass is 538 g/mol. The molecule has 0 spiro atoms. The Kier molecular flexibility index (Phi) is 12.6. The molecule has 0 atom stereocenters. The fourth-order valence-corrected chi connectivity index (χ4v) is 9.07. The third-order valence-corrected chi connectivity index (χ3v) is 11.5. The van der Waals surface area contributed by atoms with Crippen LogP contribution in [0.4, 0.5) is 0 Å². The van der Waals surface area contributed by atoms with E-state index in [-0.39, 0.29) is 0 Å². The fraction of sp³-hybridized carbons (Fsp3) is 0.538. The van der Waals surface area contributed by atoms with Crippen LogP contribution in [-0.2, 0) is 26.6 Å². The SMILES string of the molecule is CCO[Si](OCC)(OCC)c1ccc(-c2ccc([Si](OCC)(OCC)OCC)cc2OC)c(OC)c1. The fourth-order valence-electron chi connectivity index (χ4n) is 4.10. The van der Waals surface area contributed by atoms with Crippen molar-refractivity contribution >= 4 is 28.0 Å². The summed E-state index contributed by atoms with van der Waals surface area (Å²) in [6.45, 7) is 14.5. The van der Waals surface area contributed by atoms with Crippen LogP contribution in [0.5, 0.6) is 11.5 Å². The molecule has 0 aliphatic rings. The smallest absolute Gasteiger partial charge is 0.496 e. The Morgan fingerprint density at radius 2 is 0.750 bits per heavy atom. The molecule has 10 heteroatoms. The van der Waals surface area contributed by atoms with Gasteiger partial charge in [-0.25, -0.2) is 0 Å². The summed E-state index contributed by atoms with van der Waals surface area (Å²) in [5, 5.41) is 1.69. The maximum atomic E-state index is 6.09. The summed E-state index contributed by atoms with van der Waals surface area (Å²) in [7, 11) is -2.87. The minimum absolute atomic E-state index is 0.483. The van der Waals surface area contributed by atoms with Crippen LogP contribution in [0.1, 0.15) is 41.5 Å². The molecule has 0 fully saturated rings. The van der Waals surface area contributed by atoms with Gasteiger partial charge in [0.1, 0.15) is 11.5 Å². The Bertz CT molecular complexity index is 831. The predicted octanol–water partition coefficient (Wildman–Crippen LogP) is 3.88. The molecule has 0 aliphatic heterocycles. The van der Waals surface area contributed by atoms with Gasteiger partial charge < -0.3 is 36.0 Å². The summed E-state index contributed by atoms with van der Waals surface area (Å²) in [6.07, 6.45) is 0. The number of methoxy groups -OCH3 is 2. The largest absolute Gasteiger partial charge is 0.537 e. The number of hydrogen-bond acceptors (Lipinski definition) is 8. The zero-order valence-electron chi connectivity index (χ0n) is 23.0. The first-order chi connectivity index (χ1) is 17.4. The van der Waals surface area contributed by atoms with Gasteiger partial charge in [0.2, 0.25) is 0 Å². The number of rotatable bonds is 17. The van der Waals surface area contributed by atoms with Crippen molar-refractivity contribution in [1.29, 1.82) is 0 Å². The van der Waals surface area contributed by atoms with Crippen molar-refractivity contribution in [3.8, 4) is 22.6 Å². The van der Waals surface area contributed by atoms with E-state index in [1.807, 2.05) is 77.9 Å². The topological polar surface area (TPSA) is 73.8 Å². The highest BCUT2D eigenvalue weighted by molar-refractivity contribution is 6.76. The summed E-state index contributed by atoms with van der Waals surface area (Å²) >= 11 is 0. The third kappa shape index (κ3) is 6.75. The minimum Gasteiger partial charge on any atom is -0.496 e. The van der Waals surface area contributed by atoms with Gasteiger partial charge in [0, 0.05) is 61.1 Å². The van der Waals surface area contributed by atoms with Crippen molar-refractivity contribution in [1.82, 2.24) is 0 Å². The average Bonchev–Trinajstić information content (AvgIpc) is 2.88. The van der Waals surface area contributed by atoms with Crippen molar-refractivity contribution in [2.75, 3.05) is 53.9 Å². The number of benzene rings is 2. The molecule has 2 rings (SSSR count). The molecule has 8 nitrogen and oxygen atoms in total. The normalized spacial score (nSPS) is 12.1. The zero-order valence-corrected chi connectivity index (χ0v) is 25.0. The number of hydrogen-bond donors (Lipinski definition) is 0. The highest BCUT2D eigenvalue weighted by atomic mass is 28.4. The highest BCUT2D eigenvalue weighted by Crippen LogP contribution is 2.36. The lowest BCUT2D eigenvalue weighted by Gasteiger charge is -2.30. The molecule has 2 aromatic rings. The Labute approximate surface area is 218 Å². The van der Waals surface area contributed by atoms with Crippen LogP contribution >= 0.6 is 0 Å². The summed E-state index contributed by atoms with van der Waals surface area (Å²) in [5.41, 5.74) is 1.74. The molecule has 0 amide bonds. The van der Waals surface area contributed by atoms with E-state index in [1.54, 1.807) is 14.2 Å². The van der Waals surface area contributed by atoms with E-state index in [1.165, 1.54) is 0 Å². The summed E-state index contributed by atoms with van der Waals surface area (Å²) < 4.78 is 48.1. The molecular weight excluding hydrogens is 496 g/mol. The van der Waals surface area contributed by atoms with Crippen molar-refractivity contribution in [3.05, 3.63) is 36.4 Å². The van der Waals surface area contributed by atoms with Gasteiger partial charge in [-0.05, 0) is 53.7 Å². The summed E-state index contributed by atoms with van der Waals surface area (Å²) in [6, 6.07) is 11.8. The van der Waals surface area contributed by atoms with E-state index in [0.717, 1.165) is 21.5 Å². The van der Waals surface area contributed by atoms with Gasteiger partial charge in [-0.15, -0.1) is 0 Å². The first-order valence-corrected chi connectivity index (χ1v) is 16.1. The van der Waals surface area contributed by atoms with E-state index >= 15 is 0 Å². The standard InChI is InChI=1S/C26H42O8Si2/c1-9-29-35(30-10-2,31-11-3)21-15-17-23(25(19-21)27-7)24-18-16-22(20-26(24)28-8)36(32-12-4,33-13-5)34-14-6/h15-20H,9-14H2,1-8H3. The first-order valence-electron chi connectivity index (χ1n) is 12.7. The third-order valence-electron chi connectivity index (χ3n) is 5.41. The Hall–Kier alpha value is -1.77. The van der Waals surface area contributed by atoms with E-state index in [4.69, 9.17) is 36.0 Å². The van der Waals surface area contributed by atoms with E-state index in [0.29, 0.717) is 51.1 Å². The Morgan fingerprint density at radius 1 is 0.472 bits per heavy atom. The lowest BCUT2D eigenvalue weighted by molar-refractivity contribution is 0.0851. The molecule has 202 valence electrons. The van der Waals surface area contributed by atoms with Gasteiger partial charge in [0.05, 0.1) is 14.2 Å². The Balaban J connectivity index is 2.63. The summed E-state index contributed by atoms with van der Waals surface area (Å²) in [5.74, 6) is 1.33. The highest BCUT2D eigenvalue weighted by Gasteiger charge is 2.45. The van der Waals surface area contributed by atoms with E-state index in [9.17, 15) is 0 Å². The lowest BCUT2D eigenvalue weighted by atomic mass is 10.0. The van der Waals surface area contributed by atoms with Crippen LogP contribution in [0.25, 0.3) is 11.1 Å². The van der Waals surface area contributed by atoms with Crippen LogP contribution in [0.15, 0.2) is 36.4 Å². The molecule has 0 aliphatic carbocycles. The Morgan fingerprint density at radius 3 is 0.972 bits per heavy atom. The average molecular weight is 539 g/mol. The maximum absolute atomic E-state index is 6.09. The van der Waals surface area contributed by atoms with Crippen molar-refractivity contribution in [2.24, 2.45) is 0 Å². The van der Waals surface area contributed by atoms with E-state index < -0.39 is 17.6 Å². The van der Waals surface area contributed by atoms with Gasteiger partial charge in [-0.1, -0.05) is 24.3 Å². The second-order valence-electron chi connectivity index (χ2n) is 7.54. The van der Waals surface area contributed by atoms with Crippen LogP contribution < -0.4 is 19.8 Å². The molecular formula is C26H42O8Si2. The molecule has 2 aromatic carbocycles.